The van der Waals surface area contributed by atoms with Gasteiger partial charge in [-0.1, -0.05) is 18.2 Å². The highest BCUT2D eigenvalue weighted by atomic mass is 16.5. The van der Waals surface area contributed by atoms with Crippen LogP contribution in [0.2, 0.25) is 0 Å². The normalized spacial score (nSPS) is 13.7. The second-order valence-corrected chi connectivity index (χ2v) is 7.29. The summed E-state index contributed by atoms with van der Waals surface area (Å²) in [7, 11) is 1.67. The van der Waals surface area contributed by atoms with Crippen LogP contribution in [0.3, 0.4) is 0 Å². The molecule has 0 spiro atoms. The molecule has 2 aromatic heterocycles. The molecule has 1 aromatic carbocycles. The van der Waals surface area contributed by atoms with E-state index in [1.807, 2.05) is 31.2 Å². The lowest BCUT2D eigenvalue weighted by Gasteiger charge is -2.26. The van der Waals surface area contributed by atoms with Crippen LogP contribution < -0.4 is 10.1 Å². The first-order valence-electron chi connectivity index (χ1n) is 9.77. The number of hydrogen-bond donors (Lipinski definition) is 1. The van der Waals surface area contributed by atoms with E-state index < -0.39 is 0 Å². The summed E-state index contributed by atoms with van der Waals surface area (Å²) in [6.45, 7) is 4.74. The molecular weight excluding hydrogens is 366 g/mol. The first kappa shape index (κ1) is 19.2. The van der Waals surface area contributed by atoms with Gasteiger partial charge in [0.05, 0.1) is 12.7 Å². The van der Waals surface area contributed by atoms with Crippen LogP contribution in [0, 0.1) is 6.92 Å². The van der Waals surface area contributed by atoms with Crippen LogP contribution in [0.4, 0.5) is 0 Å². The number of benzene rings is 1. The summed E-state index contributed by atoms with van der Waals surface area (Å²) >= 11 is 0. The van der Waals surface area contributed by atoms with E-state index in [0.717, 1.165) is 42.1 Å². The number of pyridine rings is 1. The fourth-order valence-electron chi connectivity index (χ4n) is 3.78. The van der Waals surface area contributed by atoms with Gasteiger partial charge in [0.2, 0.25) is 0 Å². The number of rotatable bonds is 6. The van der Waals surface area contributed by atoms with Gasteiger partial charge in [-0.2, -0.15) is 0 Å². The molecule has 3 aromatic rings. The van der Waals surface area contributed by atoms with Crippen molar-refractivity contribution in [2.75, 3.05) is 13.7 Å². The smallest absolute Gasteiger partial charge is 0.255 e. The maximum absolute atomic E-state index is 12.9. The van der Waals surface area contributed by atoms with Gasteiger partial charge in [-0.05, 0) is 36.2 Å². The Kier molecular flexibility index (Phi) is 5.62. The Bertz CT molecular complexity index is 981. The van der Waals surface area contributed by atoms with E-state index in [-0.39, 0.29) is 5.91 Å². The molecule has 6 heteroatoms. The summed E-state index contributed by atoms with van der Waals surface area (Å²) < 4.78 is 11.2. The standard InChI is InChI=1S/C23H25N3O3/c1-16-22(23(27)25-13-18-4-3-10-24-12-18)20-15-26(11-9-21(20)29-16)14-17-5-7-19(28-2)8-6-17/h3-8,10,12H,9,11,13-15H2,1-2H3,(H,25,27). The minimum absolute atomic E-state index is 0.0948. The molecule has 3 heterocycles. The maximum atomic E-state index is 12.9. The minimum Gasteiger partial charge on any atom is -0.497 e. The van der Waals surface area contributed by atoms with Crippen LogP contribution in [0.1, 0.15) is 38.6 Å². The highest BCUT2D eigenvalue weighted by Gasteiger charge is 2.28. The average Bonchev–Trinajstić information content (AvgIpc) is 3.08. The number of nitrogens with zero attached hydrogens (tertiary/aromatic N) is 2. The summed E-state index contributed by atoms with van der Waals surface area (Å²) in [5.41, 5.74) is 3.86. The Labute approximate surface area is 170 Å². The first-order valence-corrected chi connectivity index (χ1v) is 9.77. The number of carbonyl (C=O) groups excluding carboxylic acids is 1. The van der Waals surface area contributed by atoms with Crippen LogP contribution >= 0.6 is 0 Å². The number of amides is 1. The molecule has 1 amide bonds. The molecule has 150 valence electrons. The third-order valence-corrected chi connectivity index (χ3v) is 5.27. The first-order chi connectivity index (χ1) is 14.1. The van der Waals surface area contributed by atoms with Crippen LogP contribution in [-0.2, 0) is 26.1 Å². The van der Waals surface area contributed by atoms with Gasteiger partial charge in [-0.25, -0.2) is 0 Å². The van der Waals surface area contributed by atoms with Crippen molar-refractivity contribution in [1.82, 2.24) is 15.2 Å². The zero-order chi connectivity index (χ0) is 20.2. The van der Waals surface area contributed by atoms with Gasteiger partial charge >= 0.3 is 0 Å². The molecule has 0 aliphatic carbocycles. The number of aromatic nitrogens is 1. The van der Waals surface area contributed by atoms with E-state index in [1.54, 1.807) is 19.5 Å². The molecule has 0 unspecified atom stereocenters. The van der Waals surface area contributed by atoms with Crippen molar-refractivity contribution in [1.29, 1.82) is 0 Å². The van der Waals surface area contributed by atoms with Crippen LogP contribution in [0.15, 0.2) is 53.2 Å². The van der Waals surface area contributed by atoms with Gasteiger partial charge < -0.3 is 14.5 Å². The number of aryl methyl sites for hydroxylation is 1. The second-order valence-electron chi connectivity index (χ2n) is 7.29. The Morgan fingerprint density at radius 3 is 2.79 bits per heavy atom. The molecule has 6 nitrogen and oxygen atoms in total. The average molecular weight is 391 g/mol. The fourth-order valence-corrected chi connectivity index (χ4v) is 3.78. The van der Waals surface area contributed by atoms with Crippen LogP contribution in [0.25, 0.3) is 0 Å². The van der Waals surface area contributed by atoms with Gasteiger partial charge in [0, 0.05) is 50.6 Å². The third-order valence-electron chi connectivity index (χ3n) is 5.27. The molecule has 0 saturated carbocycles. The Morgan fingerprint density at radius 2 is 2.07 bits per heavy atom. The van der Waals surface area contributed by atoms with Crippen molar-refractivity contribution in [3.63, 3.8) is 0 Å². The monoisotopic (exact) mass is 391 g/mol. The second kappa shape index (κ2) is 8.49. The highest BCUT2D eigenvalue weighted by Crippen LogP contribution is 2.29. The summed E-state index contributed by atoms with van der Waals surface area (Å²) in [6.07, 6.45) is 4.29. The van der Waals surface area contributed by atoms with Crippen molar-refractivity contribution >= 4 is 5.91 Å². The van der Waals surface area contributed by atoms with Gasteiger partial charge in [0.1, 0.15) is 17.3 Å². The summed E-state index contributed by atoms with van der Waals surface area (Å²) in [5.74, 6) is 2.38. The topological polar surface area (TPSA) is 67.6 Å². The third kappa shape index (κ3) is 4.32. The van der Waals surface area contributed by atoms with Gasteiger partial charge in [-0.15, -0.1) is 0 Å². The molecule has 0 radical (unpaired) electrons. The molecule has 0 fully saturated rings. The zero-order valence-electron chi connectivity index (χ0n) is 16.8. The molecule has 29 heavy (non-hydrogen) atoms. The Morgan fingerprint density at radius 1 is 1.24 bits per heavy atom. The van der Waals surface area contributed by atoms with Crippen molar-refractivity contribution in [2.24, 2.45) is 0 Å². The van der Waals surface area contributed by atoms with Crippen molar-refractivity contribution in [3.05, 3.63) is 82.6 Å². The molecule has 1 aliphatic heterocycles. The summed E-state index contributed by atoms with van der Waals surface area (Å²) in [5, 5.41) is 3.00. The lowest BCUT2D eigenvalue weighted by atomic mass is 10.0. The number of fused-ring (bicyclic) bond motifs is 1. The molecule has 1 N–H and O–H groups in total. The number of ether oxygens (including phenoxy) is 1. The van der Waals surface area contributed by atoms with Crippen LogP contribution in [-0.4, -0.2) is 29.4 Å². The molecule has 0 bridgehead atoms. The van der Waals surface area contributed by atoms with E-state index in [1.165, 1.54) is 5.56 Å². The predicted molar refractivity (Wildman–Crippen MR) is 110 cm³/mol. The van der Waals surface area contributed by atoms with Crippen molar-refractivity contribution < 1.29 is 13.9 Å². The SMILES string of the molecule is COc1ccc(CN2CCc3oc(C)c(C(=O)NCc4cccnc4)c3C2)cc1. The molecule has 4 rings (SSSR count). The van der Waals surface area contributed by atoms with Crippen LogP contribution in [0.5, 0.6) is 5.75 Å². The van der Waals surface area contributed by atoms with E-state index in [4.69, 9.17) is 9.15 Å². The quantitative estimate of drug-likeness (QED) is 0.697. The van der Waals surface area contributed by atoms with Crippen molar-refractivity contribution in [2.45, 2.75) is 33.0 Å². The Balaban J connectivity index is 1.46. The number of nitrogens with one attached hydrogen (secondary N) is 1. The number of methoxy groups -OCH3 is 1. The Hall–Kier alpha value is -3.12. The molecular formula is C23H25N3O3. The lowest BCUT2D eigenvalue weighted by Crippen LogP contribution is -2.31. The summed E-state index contributed by atoms with van der Waals surface area (Å²) in [6, 6.07) is 11.9. The minimum atomic E-state index is -0.0948. The maximum Gasteiger partial charge on any atom is 0.255 e. The largest absolute Gasteiger partial charge is 0.497 e. The number of carbonyl (C=O) groups is 1. The predicted octanol–water partition coefficient (Wildman–Crippen LogP) is 3.48. The lowest BCUT2D eigenvalue weighted by molar-refractivity contribution is 0.0947. The number of furan rings is 1. The van der Waals surface area contributed by atoms with E-state index in [9.17, 15) is 4.79 Å². The zero-order valence-corrected chi connectivity index (χ0v) is 16.8. The number of hydrogen-bond acceptors (Lipinski definition) is 5. The van der Waals surface area contributed by atoms with E-state index >= 15 is 0 Å². The van der Waals surface area contributed by atoms with Crippen molar-refractivity contribution in [3.8, 4) is 5.75 Å². The summed E-state index contributed by atoms with van der Waals surface area (Å²) in [4.78, 5) is 19.3. The van der Waals surface area contributed by atoms with E-state index in [0.29, 0.717) is 24.4 Å². The highest BCUT2D eigenvalue weighted by molar-refractivity contribution is 5.97. The fraction of sp³-hybridized carbons (Fsp3) is 0.304. The van der Waals surface area contributed by atoms with Gasteiger partial charge in [0.15, 0.2) is 0 Å². The molecule has 0 atom stereocenters. The van der Waals surface area contributed by atoms with Gasteiger partial charge in [0.25, 0.3) is 5.91 Å². The molecule has 1 aliphatic rings. The molecule has 0 saturated heterocycles. The van der Waals surface area contributed by atoms with E-state index in [2.05, 4.69) is 27.3 Å². The van der Waals surface area contributed by atoms with Gasteiger partial charge in [-0.3, -0.25) is 14.7 Å².